The van der Waals surface area contributed by atoms with Crippen molar-refractivity contribution in [2.75, 3.05) is 13.7 Å². The minimum Gasteiger partial charge on any atom is -0.473 e. The molecule has 1 atom stereocenters. The molecule has 0 spiro atoms. The number of ether oxygens (including phenoxy) is 2. The molecule has 0 aliphatic rings. The Balaban J connectivity index is 2.90. The summed E-state index contributed by atoms with van der Waals surface area (Å²) >= 11 is 3.25. The Kier molecular flexibility index (Phi) is 6.79. The van der Waals surface area contributed by atoms with Crippen LogP contribution in [0.4, 0.5) is 4.39 Å². The van der Waals surface area contributed by atoms with E-state index in [4.69, 9.17) is 13.9 Å². The summed E-state index contributed by atoms with van der Waals surface area (Å²) in [7, 11) is -0.793. The summed E-state index contributed by atoms with van der Waals surface area (Å²) in [5.74, 6) is -1.16. The fraction of sp³-hybridized carbons (Fsp3) is 0.562. The monoisotopic (exact) mass is 406 g/mol. The number of carbonyl (C=O) groups excluding carboxylic acids is 1. The van der Waals surface area contributed by atoms with Crippen LogP contribution in [-0.4, -0.2) is 34.1 Å². The molecule has 23 heavy (non-hydrogen) atoms. The van der Waals surface area contributed by atoms with Crippen LogP contribution in [-0.2, 0) is 14.0 Å². The van der Waals surface area contributed by atoms with Crippen LogP contribution in [0.15, 0.2) is 22.7 Å². The van der Waals surface area contributed by atoms with Crippen molar-refractivity contribution in [1.29, 1.82) is 0 Å². The van der Waals surface area contributed by atoms with Crippen LogP contribution < -0.4 is 4.74 Å². The molecule has 0 amide bonds. The first-order chi connectivity index (χ1) is 10.5. The van der Waals surface area contributed by atoms with E-state index in [1.54, 1.807) is 6.07 Å². The average Bonchev–Trinajstić information content (AvgIpc) is 2.44. The Morgan fingerprint density at radius 3 is 2.48 bits per heavy atom. The van der Waals surface area contributed by atoms with Crippen molar-refractivity contribution in [2.45, 2.75) is 45.0 Å². The number of hydrogen-bond acceptors (Lipinski definition) is 4. The predicted octanol–water partition coefficient (Wildman–Crippen LogP) is 4.53. The summed E-state index contributed by atoms with van der Waals surface area (Å²) in [6.45, 7) is 10.5. The van der Waals surface area contributed by atoms with Gasteiger partial charge in [0.25, 0.3) is 0 Å². The Labute approximate surface area is 146 Å². The Hall–Kier alpha value is -0.923. The summed E-state index contributed by atoms with van der Waals surface area (Å²) in [6.07, 6.45) is -1.02. The third-order valence-electron chi connectivity index (χ3n) is 4.03. The van der Waals surface area contributed by atoms with Gasteiger partial charge in [0, 0.05) is 4.47 Å². The molecule has 130 valence electrons. The van der Waals surface area contributed by atoms with E-state index in [0.717, 1.165) is 0 Å². The summed E-state index contributed by atoms with van der Waals surface area (Å²) in [5, 5.41) is -0.00526. The standard InChI is InChI=1S/C16H24BrFO4Si/c1-16(2,3)23(5,6)21-10-14(15(19)20-4)22-13-9-11(17)7-8-12(13)18/h7-9,14H,10H2,1-6H3/t14-/m0/s1. The third kappa shape index (κ3) is 5.58. The van der Waals surface area contributed by atoms with Gasteiger partial charge >= 0.3 is 5.97 Å². The number of rotatable bonds is 6. The van der Waals surface area contributed by atoms with Crippen molar-refractivity contribution in [1.82, 2.24) is 0 Å². The molecule has 4 nitrogen and oxygen atoms in total. The van der Waals surface area contributed by atoms with E-state index >= 15 is 0 Å². The highest BCUT2D eigenvalue weighted by atomic mass is 79.9. The highest BCUT2D eigenvalue weighted by molar-refractivity contribution is 9.10. The largest absolute Gasteiger partial charge is 0.473 e. The zero-order valence-corrected chi connectivity index (χ0v) is 17.0. The Bertz CT molecular complexity index is 558. The molecule has 0 fully saturated rings. The highest BCUT2D eigenvalue weighted by Crippen LogP contribution is 2.36. The average molecular weight is 407 g/mol. The van der Waals surface area contributed by atoms with E-state index in [9.17, 15) is 9.18 Å². The van der Waals surface area contributed by atoms with Gasteiger partial charge in [0.2, 0.25) is 6.10 Å². The van der Waals surface area contributed by atoms with E-state index in [1.807, 2.05) is 0 Å². The lowest BCUT2D eigenvalue weighted by atomic mass is 10.2. The molecule has 7 heteroatoms. The number of benzene rings is 1. The zero-order valence-electron chi connectivity index (χ0n) is 14.4. The molecular weight excluding hydrogens is 383 g/mol. The van der Waals surface area contributed by atoms with Crippen molar-refractivity contribution >= 4 is 30.2 Å². The van der Waals surface area contributed by atoms with Gasteiger partial charge in [0.15, 0.2) is 19.9 Å². The smallest absolute Gasteiger partial charge is 0.349 e. The summed E-state index contributed by atoms with van der Waals surface area (Å²) in [6, 6.07) is 4.29. The SMILES string of the molecule is COC(=O)[C@H](CO[Si](C)(C)C(C)(C)C)Oc1cc(Br)ccc1F. The molecule has 0 radical (unpaired) electrons. The first-order valence-electron chi connectivity index (χ1n) is 7.31. The minimum absolute atomic E-state index is 0.00526. The van der Waals surface area contributed by atoms with E-state index in [-0.39, 0.29) is 17.4 Å². The molecule has 0 unspecified atom stereocenters. The Morgan fingerprint density at radius 2 is 1.96 bits per heavy atom. The van der Waals surface area contributed by atoms with Crippen LogP contribution in [0.3, 0.4) is 0 Å². The van der Waals surface area contributed by atoms with Crippen molar-refractivity contribution < 1.29 is 23.1 Å². The van der Waals surface area contributed by atoms with Gasteiger partial charge in [-0.3, -0.25) is 0 Å². The molecule has 0 bridgehead atoms. The third-order valence-corrected chi connectivity index (χ3v) is 9.02. The molecule has 0 heterocycles. The first-order valence-corrected chi connectivity index (χ1v) is 11.0. The second-order valence-electron chi connectivity index (χ2n) is 6.78. The molecule has 0 aromatic heterocycles. The maximum absolute atomic E-state index is 13.8. The summed E-state index contributed by atoms with van der Waals surface area (Å²) < 4.78 is 30.7. The second kappa shape index (κ2) is 7.77. The van der Waals surface area contributed by atoms with E-state index in [0.29, 0.717) is 4.47 Å². The topological polar surface area (TPSA) is 44.8 Å². The highest BCUT2D eigenvalue weighted by Gasteiger charge is 2.38. The molecule has 0 N–H and O–H groups in total. The predicted molar refractivity (Wildman–Crippen MR) is 93.7 cm³/mol. The summed E-state index contributed by atoms with van der Waals surface area (Å²) in [5.41, 5.74) is 0. The van der Waals surface area contributed by atoms with Crippen molar-refractivity contribution in [3.8, 4) is 5.75 Å². The van der Waals surface area contributed by atoms with Gasteiger partial charge in [-0.15, -0.1) is 0 Å². The van der Waals surface area contributed by atoms with E-state index in [1.165, 1.54) is 19.2 Å². The number of halogens is 2. The molecule has 0 aliphatic heterocycles. The maximum Gasteiger partial charge on any atom is 0.349 e. The molecule has 0 saturated carbocycles. The minimum atomic E-state index is -2.06. The van der Waals surface area contributed by atoms with Crippen LogP contribution in [0.5, 0.6) is 5.75 Å². The van der Waals surface area contributed by atoms with Crippen LogP contribution in [0.2, 0.25) is 18.1 Å². The van der Waals surface area contributed by atoms with E-state index < -0.39 is 26.2 Å². The molecule has 0 aliphatic carbocycles. The molecule has 1 rings (SSSR count). The van der Waals surface area contributed by atoms with Gasteiger partial charge in [0.1, 0.15) is 0 Å². The lowest BCUT2D eigenvalue weighted by Gasteiger charge is -2.36. The maximum atomic E-state index is 13.8. The number of carbonyl (C=O) groups is 1. The fourth-order valence-electron chi connectivity index (χ4n) is 1.50. The van der Waals surface area contributed by atoms with Crippen molar-refractivity contribution in [3.63, 3.8) is 0 Å². The van der Waals surface area contributed by atoms with Crippen LogP contribution >= 0.6 is 15.9 Å². The van der Waals surface area contributed by atoms with Crippen molar-refractivity contribution in [2.24, 2.45) is 0 Å². The van der Waals surface area contributed by atoms with Crippen LogP contribution in [0.25, 0.3) is 0 Å². The second-order valence-corrected chi connectivity index (χ2v) is 12.5. The molecule has 1 aromatic rings. The fourth-order valence-corrected chi connectivity index (χ4v) is 2.84. The van der Waals surface area contributed by atoms with Crippen molar-refractivity contribution in [3.05, 3.63) is 28.5 Å². The van der Waals surface area contributed by atoms with Gasteiger partial charge in [-0.1, -0.05) is 36.7 Å². The first kappa shape index (κ1) is 20.1. The van der Waals surface area contributed by atoms with E-state index in [2.05, 4.69) is 49.8 Å². The van der Waals surface area contributed by atoms with Crippen LogP contribution in [0, 0.1) is 5.82 Å². The van der Waals surface area contributed by atoms with Crippen LogP contribution in [0.1, 0.15) is 20.8 Å². The summed E-state index contributed by atoms with van der Waals surface area (Å²) in [4.78, 5) is 11.9. The normalized spacial score (nSPS) is 13.6. The quantitative estimate of drug-likeness (QED) is 0.514. The number of methoxy groups -OCH3 is 1. The number of hydrogen-bond donors (Lipinski definition) is 0. The Morgan fingerprint density at radius 1 is 1.35 bits per heavy atom. The van der Waals surface area contributed by atoms with Gasteiger partial charge in [-0.05, 0) is 36.3 Å². The zero-order chi connectivity index (χ0) is 17.8. The van der Waals surface area contributed by atoms with Gasteiger partial charge < -0.3 is 13.9 Å². The van der Waals surface area contributed by atoms with Gasteiger partial charge in [-0.2, -0.15) is 0 Å². The molecule has 0 saturated heterocycles. The lowest BCUT2D eigenvalue weighted by molar-refractivity contribution is -0.150. The van der Waals surface area contributed by atoms with Gasteiger partial charge in [-0.25, -0.2) is 9.18 Å². The molecular formula is C16H24BrFO4Si. The molecule has 1 aromatic carbocycles. The number of esters is 1. The lowest BCUT2D eigenvalue weighted by Crippen LogP contribution is -2.45. The van der Waals surface area contributed by atoms with Gasteiger partial charge in [0.05, 0.1) is 13.7 Å².